The monoisotopic (exact) mass is 373 g/mol. The fourth-order valence-corrected chi connectivity index (χ4v) is 2.83. The van der Waals surface area contributed by atoms with Crippen LogP contribution < -0.4 is 4.74 Å². The minimum Gasteiger partial charge on any atom is -0.482 e. The lowest BCUT2D eigenvalue weighted by molar-refractivity contribution is -0.147. The molecule has 3 aromatic carbocycles. The summed E-state index contributed by atoms with van der Waals surface area (Å²) in [6.07, 6.45) is 0. The highest BCUT2D eigenvalue weighted by atomic mass is 16.6. The van der Waals surface area contributed by atoms with Crippen molar-refractivity contribution < 1.29 is 18.8 Å². The van der Waals surface area contributed by atoms with Crippen LogP contribution in [0.15, 0.2) is 77.3 Å². The number of aromatic nitrogens is 1. The van der Waals surface area contributed by atoms with Crippen LogP contribution in [0, 0.1) is 6.92 Å². The molecule has 5 heteroatoms. The lowest BCUT2D eigenvalue weighted by Crippen LogP contribution is -2.14. The molecule has 0 radical (unpaired) electrons. The van der Waals surface area contributed by atoms with Gasteiger partial charge in [-0.25, -0.2) is 4.79 Å². The summed E-state index contributed by atoms with van der Waals surface area (Å²) in [5.74, 6) is 0.797. The molecule has 0 saturated carbocycles. The first-order valence-corrected chi connectivity index (χ1v) is 8.97. The average molecular weight is 373 g/mol. The van der Waals surface area contributed by atoms with Gasteiger partial charge in [-0.15, -0.1) is 0 Å². The molecular weight excluding hydrogens is 354 g/mol. The third-order valence-electron chi connectivity index (χ3n) is 4.35. The first kappa shape index (κ1) is 17.8. The maximum absolute atomic E-state index is 12.0. The van der Waals surface area contributed by atoms with Gasteiger partial charge in [-0.1, -0.05) is 65.3 Å². The van der Waals surface area contributed by atoms with Gasteiger partial charge in [0, 0.05) is 11.6 Å². The van der Waals surface area contributed by atoms with Crippen LogP contribution in [-0.4, -0.2) is 17.7 Å². The van der Waals surface area contributed by atoms with Crippen LogP contribution in [0.3, 0.4) is 0 Å². The number of nitrogens with zero attached hydrogens (tertiary/aromatic N) is 1. The maximum atomic E-state index is 12.0. The van der Waals surface area contributed by atoms with E-state index in [1.54, 1.807) is 6.07 Å². The second kappa shape index (κ2) is 7.96. The van der Waals surface area contributed by atoms with E-state index in [2.05, 4.69) is 5.16 Å². The van der Waals surface area contributed by atoms with Crippen LogP contribution in [-0.2, 0) is 16.1 Å². The Kier molecular flexibility index (Phi) is 5.06. The van der Waals surface area contributed by atoms with Crippen LogP contribution in [0.1, 0.15) is 11.3 Å². The number of ether oxygens (including phenoxy) is 2. The third kappa shape index (κ3) is 4.20. The molecule has 0 saturated heterocycles. The van der Waals surface area contributed by atoms with Gasteiger partial charge in [-0.05, 0) is 29.8 Å². The summed E-state index contributed by atoms with van der Waals surface area (Å²) in [7, 11) is 0. The Labute approximate surface area is 162 Å². The maximum Gasteiger partial charge on any atom is 0.344 e. The molecule has 1 aromatic heterocycles. The Balaban J connectivity index is 1.30. The summed E-state index contributed by atoms with van der Waals surface area (Å²) >= 11 is 0. The fourth-order valence-electron chi connectivity index (χ4n) is 2.83. The van der Waals surface area contributed by atoms with Crippen molar-refractivity contribution in [3.05, 3.63) is 84.1 Å². The largest absolute Gasteiger partial charge is 0.482 e. The predicted molar refractivity (Wildman–Crippen MR) is 106 cm³/mol. The second-order valence-electron chi connectivity index (χ2n) is 6.51. The lowest BCUT2D eigenvalue weighted by Gasteiger charge is -2.07. The van der Waals surface area contributed by atoms with Gasteiger partial charge in [-0.2, -0.15) is 0 Å². The van der Waals surface area contributed by atoms with Crippen LogP contribution in [0.5, 0.6) is 5.75 Å². The molecule has 1 heterocycles. The summed E-state index contributed by atoms with van der Waals surface area (Å²) in [4.78, 5) is 12.0. The molecule has 0 spiro atoms. The smallest absolute Gasteiger partial charge is 0.344 e. The molecule has 5 nitrogen and oxygen atoms in total. The normalized spacial score (nSPS) is 10.8. The van der Waals surface area contributed by atoms with Gasteiger partial charge >= 0.3 is 5.97 Å². The third-order valence-corrected chi connectivity index (χ3v) is 4.35. The molecule has 0 atom stereocenters. The van der Waals surface area contributed by atoms with Crippen molar-refractivity contribution in [2.75, 3.05) is 6.61 Å². The summed E-state index contributed by atoms with van der Waals surface area (Å²) in [5, 5.41) is 6.12. The Morgan fingerprint density at radius 2 is 1.75 bits per heavy atom. The van der Waals surface area contributed by atoms with E-state index in [0.717, 1.165) is 16.3 Å². The number of benzene rings is 3. The Bertz CT molecular complexity index is 1100. The number of rotatable bonds is 6. The van der Waals surface area contributed by atoms with Gasteiger partial charge in [0.15, 0.2) is 12.4 Å². The van der Waals surface area contributed by atoms with Gasteiger partial charge in [-0.3, -0.25) is 0 Å². The number of carbonyl (C=O) groups excluding carboxylic acids is 1. The molecule has 0 aliphatic heterocycles. The molecule has 4 rings (SSSR count). The van der Waals surface area contributed by atoms with Crippen LogP contribution in [0.2, 0.25) is 0 Å². The molecule has 0 N–H and O–H groups in total. The second-order valence-corrected chi connectivity index (χ2v) is 6.51. The van der Waals surface area contributed by atoms with E-state index in [9.17, 15) is 4.79 Å². The zero-order valence-electron chi connectivity index (χ0n) is 15.4. The van der Waals surface area contributed by atoms with E-state index in [1.807, 2.05) is 73.7 Å². The highest BCUT2D eigenvalue weighted by Gasteiger charge is 2.10. The van der Waals surface area contributed by atoms with Gasteiger partial charge in [0.2, 0.25) is 0 Å². The van der Waals surface area contributed by atoms with Gasteiger partial charge < -0.3 is 14.0 Å². The van der Waals surface area contributed by atoms with Crippen molar-refractivity contribution in [2.24, 2.45) is 0 Å². The van der Waals surface area contributed by atoms with E-state index < -0.39 is 5.97 Å². The number of aryl methyl sites for hydroxylation is 1. The summed E-state index contributed by atoms with van der Waals surface area (Å²) in [6.45, 7) is 1.89. The highest BCUT2D eigenvalue weighted by molar-refractivity contribution is 5.83. The molecule has 0 bridgehead atoms. The van der Waals surface area contributed by atoms with Crippen molar-refractivity contribution in [1.82, 2.24) is 5.16 Å². The minimum absolute atomic E-state index is 0.0370. The lowest BCUT2D eigenvalue weighted by atomic mass is 10.1. The molecule has 140 valence electrons. The molecule has 0 aliphatic carbocycles. The number of hydrogen-bond donors (Lipinski definition) is 0. The number of hydrogen-bond acceptors (Lipinski definition) is 5. The van der Waals surface area contributed by atoms with Crippen molar-refractivity contribution in [2.45, 2.75) is 13.5 Å². The molecule has 28 heavy (non-hydrogen) atoms. The van der Waals surface area contributed by atoms with Gasteiger partial charge in [0.05, 0.1) is 0 Å². The topological polar surface area (TPSA) is 61.6 Å². The van der Waals surface area contributed by atoms with Crippen molar-refractivity contribution in [3.8, 4) is 17.1 Å². The fraction of sp³-hybridized carbons (Fsp3) is 0.130. The first-order valence-electron chi connectivity index (χ1n) is 8.97. The van der Waals surface area contributed by atoms with E-state index in [1.165, 1.54) is 5.56 Å². The first-order chi connectivity index (χ1) is 13.7. The van der Waals surface area contributed by atoms with Crippen LogP contribution in [0.4, 0.5) is 0 Å². The molecule has 0 aliphatic rings. The highest BCUT2D eigenvalue weighted by Crippen LogP contribution is 2.22. The van der Waals surface area contributed by atoms with E-state index >= 15 is 0 Å². The number of esters is 1. The molecule has 0 amide bonds. The minimum atomic E-state index is -0.465. The molecule has 0 fully saturated rings. The SMILES string of the molecule is Cc1ccc(-c2cc(COC(=O)COc3ccc4ccccc4c3)no2)cc1. The summed E-state index contributed by atoms with van der Waals surface area (Å²) in [6, 6.07) is 23.3. The van der Waals surface area contributed by atoms with E-state index in [-0.39, 0.29) is 13.2 Å². The molecule has 0 unspecified atom stereocenters. The van der Waals surface area contributed by atoms with Crippen LogP contribution >= 0.6 is 0 Å². The van der Waals surface area contributed by atoms with E-state index in [4.69, 9.17) is 14.0 Å². The van der Waals surface area contributed by atoms with Gasteiger partial charge in [0.1, 0.15) is 18.1 Å². The standard InChI is InChI=1S/C23H19NO4/c1-16-6-8-18(9-7-16)22-13-20(24-28-22)14-27-23(25)15-26-21-11-10-17-4-2-3-5-19(17)12-21/h2-13H,14-15H2,1H3. The summed E-state index contributed by atoms with van der Waals surface area (Å²) < 4.78 is 16.1. The average Bonchev–Trinajstić information content (AvgIpc) is 3.20. The number of fused-ring (bicyclic) bond motifs is 1. The van der Waals surface area contributed by atoms with Crippen LogP contribution in [0.25, 0.3) is 22.1 Å². The quantitative estimate of drug-likeness (QED) is 0.449. The Hall–Kier alpha value is -3.60. The predicted octanol–water partition coefficient (Wildman–Crippen LogP) is 4.93. The van der Waals surface area contributed by atoms with Crippen molar-refractivity contribution >= 4 is 16.7 Å². The zero-order chi connectivity index (χ0) is 19.3. The number of carbonyl (C=O) groups is 1. The Morgan fingerprint density at radius 3 is 2.57 bits per heavy atom. The summed E-state index contributed by atoms with van der Waals surface area (Å²) in [5.41, 5.74) is 2.65. The Morgan fingerprint density at radius 1 is 0.964 bits per heavy atom. The van der Waals surface area contributed by atoms with Gasteiger partial charge in [0.25, 0.3) is 0 Å². The van der Waals surface area contributed by atoms with Crippen molar-refractivity contribution in [1.29, 1.82) is 0 Å². The van der Waals surface area contributed by atoms with Crippen molar-refractivity contribution in [3.63, 3.8) is 0 Å². The zero-order valence-corrected chi connectivity index (χ0v) is 15.4. The van der Waals surface area contributed by atoms with E-state index in [0.29, 0.717) is 17.2 Å². The molecular formula is C23H19NO4. The molecule has 4 aromatic rings.